The molecule has 2 N–H and O–H groups in total. The average Bonchev–Trinajstić information content (AvgIpc) is 2.75. The molecular formula is C14H19N3O. The Hall–Kier alpha value is -1.84. The van der Waals surface area contributed by atoms with E-state index in [9.17, 15) is 4.79 Å². The fourth-order valence-electron chi connectivity index (χ4n) is 1.87. The van der Waals surface area contributed by atoms with Gasteiger partial charge < -0.3 is 10.3 Å². The Balaban J connectivity index is 1.97. The average molecular weight is 245 g/mol. The molecule has 0 unspecified atom stereocenters. The van der Waals surface area contributed by atoms with Crippen molar-refractivity contribution in [1.82, 2.24) is 15.3 Å². The van der Waals surface area contributed by atoms with E-state index in [4.69, 9.17) is 0 Å². The summed E-state index contributed by atoms with van der Waals surface area (Å²) in [7, 11) is 0. The smallest absolute Gasteiger partial charge is 0.220 e. The summed E-state index contributed by atoms with van der Waals surface area (Å²) in [6.45, 7) is 4.59. The van der Waals surface area contributed by atoms with Crippen LogP contribution in [0, 0.1) is 6.92 Å². The van der Waals surface area contributed by atoms with Crippen LogP contribution in [-0.4, -0.2) is 15.9 Å². The maximum absolute atomic E-state index is 11.5. The fourth-order valence-corrected chi connectivity index (χ4v) is 1.87. The molecule has 1 amide bonds. The molecule has 0 saturated carbocycles. The third-order valence-corrected chi connectivity index (χ3v) is 2.90. The van der Waals surface area contributed by atoms with E-state index in [1.165, 1.54) is 5.56 Å². The molecule has 2 aromatic rings. The van der Waals surface area contributed by atoms with Crippen molar-refractivity contribution in [3.63, 3.8) is 0 Å². The number of imidazole rings is 1. The number of nitrogens with one attached hydrogen (secondary N) is 2. The Morgan fingerprint density at radius 2 is 2.28 bits per heavy atom. The molecule has 1 aromatic carbocycles. The van der Waals surface area contributed by atoms with Gasteiger partial charge in [-0.25, -0.2) is 4.98 Å². The van der Waals surface area contributed by atoms with Gasteiger partial charge in [0.2, 0.25) is 5.91 Å². The molecule has 4 nitrogen and oxygen atoms in total. The van der Waals surface area contributed by atoms with Crippen molar-refractivity contribution in [2.45, 2.75) is 39.7 Å². The van der Waals surface area contributed by atoms with Gasteiger partial charge in [-0.15, -0.1) is 0 Å². The second-order valence-electron chi connectivity index (χ2n) is 4.58. The van der Waals surface area contributed by atoms with Gasteiger partial charge >= 0.3 is 0 Å². The van der Waals surface area contributed by atoms with Crippen LogP contribution < -0.4 is 5.32 Å². The Kier molecular flexibility index (Phi) is 3.97. The number of aromatic nitrogens is 2. The van der Waals surface area contributed by atoms with Crippen molar-refractivity contribution in [2.24, 2.45) is 0 Å². The van der Waals surface area contributed by atoms with Crippen LogP contribution in [0.1, 0.15) is 37.6 Å². The summed E-state index contributed by atoms with van der Waals surface area (Å²) in [6.07, 6.45) is 2.57. The monoisotopic (exact) mass is 245 g/mol. The molecular weight excluding hydrogens is 226 g/mol. The molecule has 4 heteroatoms. The summed E-state index contributed by atoms with van der Waals surface area (Å²) in [5.74, 6) is 0.897. The van der Waals surface area contributed by atoms with Crippen LogP contribution in [0.3, 0.4) is 0 Å². The number of nitrogens with zero attached hydrogens (tertiary/aromatic N) is 1. The van der Waals surface area contributed by atoms with Gasteiger partial charge in [0.05, 0.1) is 17.6 Å². The lowest BCUT2D eigenvalue weighted by Crippen LogP contribution is -2.22. The van der Waals surface area contributed by atoms with Crippen molar-refractivity contribution < 1.29 is 4.79 Å². The summed E-state index contributed by atoms with van der Waals surface area (Å²) in [6, 6.07) is 6.08. The van der Waals surface area contributed by atoms with E-state index >= 15 is 0 Å². The number of carbonyl (C=O) groups excluding carboxylic acids is 1. The first-order valence-corrected chi connectivity index (χ1v) is 6.41. The number of hydrogen-bond acceptors (Lipinski definition) is 2. The Morgan fingerprint density at radius 1 is 1.44 bits per heavy atom. The van der Waals surface area contributed by atoms with E-state index in [2.05, 4.69) is 28.3 Å². The zero-order chi connectivity index (χ0) is 13.0. The highest BCUT2D eigenvalue weighted by Crippen LogP contribution is 2.13. The molecule has 0 aliphatic carbocycles. The lowest BCUT2D eigenvalue weighted by atomic mass is 10.2. The normalized spacial score (nSPS) is 10.8. The number of fused-ring (bicyclic) bond motifs is 1. The fraction of sp³-hybridized carbons (Fsp3) is 0.429. The van der Waals surface area contributed by atoms with Gasteiger partial charge in [-0.05, 0) is 31.0 Å². The first kappa shape index (κ1) is 12.6. The third kappa shape index (κ3) is 3.09. The van der Waals surface area contributed by atoms with Gasteiger partial charge in [-0.2, -0.15) is 0 Å². The summed E-state index contributed by atoms with van der Waals surface area (Å²) in [4.78, 5) is 19.1. The molecule has 0 fully saturated rings. The van der Waals surface area contributed by atoms with Crippen LogP contribution in [0.2, 0.25) is 0 Å². The van der Waals surface area contributed by atoms with Crippen molar-refractivity contribution in [1.29, 1.82) is 0 Å². The predicted molar refractivity (Wildman–Crippen MR) is 72.2 cm³/mol. The minimum Gasteiger partial charge on any atom is -0.349 e. The number of carbonyl (C=O) groups is 1. The predicted octanol–water partition coefficient (Wildman–Crippen LogP) is 2.68. The number of amides is 1. The lowest BCUT2D eigenvalue weighted by Gasteiger charge is -2.01. The number of H-pyrrole nitrogens is 1. The number of benzene rings is 1. The van der Waals surface area contributed by atoms with E-state index in [-0.39, 0.29) is 5.91 Å². The maximum atomic E-state index is 11.5. The minimum atomic E-state index is 0.0912. The minimum absolute atomic E-state index is 0.0912. The van der Waals surface area contributed by atoms with Crippen LogP contribution in [0.25, 0.3) is 11.0 Å². The van der Waals surface area contributed by atoms with Gasteiger partial charge in [0.15, 0.2) is 0 Å². The summed E-state index contributed by atoms with van der Waals surface area (Å²) < 4.78 is 0. The molecule has 0 aliphatic rings. The first-order chi connectivity index (χ1) is 8.69. The molecule has 0 radical (unpaired) electrons. The number of rotatable bonds is 5. The van der Waals surface area contributed by atoms with Crippen LogP contribution in [-0.2, 0) is 11.3 Å². The standard InChI is InChI=1S/C14H19N3O/c1-3-4-5-14(18)15-9-13-16-11-7-6-10(2)8-12(11)17-13/h6-8H,3-5,9H2,1-2H3,(H,15,18)(H,16,17). The van der Waals surface area contributed by atoms with Crippen LogP contribution in [0.4, 0.5) is 0 Å². The second-order valence-corrected chi connectivity index (χ2v) is 4.58. The Morgan fingerprint density at radius 3 is 3.06 bits per heavy atom. The highest BCUT2D eigenvalue weighted by molar-refractivity contribution is 5.77. The summed E-state index contributed by atoms with van der Waals surface area (Å²) >= 11 is 0. The number of aryl methyl sites for hydroxylation is 1. The van der Waals surface area contributed by atoms with E-state index in [1.807, 2.05) is 19.1 Å². The van der Waals surface area contributed by atoms with Crippen molar-refractivity contribution in [3.05, 3.63) is 29.6 Å². The zero-order valence-corrected chi connectivity index (χ0v) is 10.9. The topological polar surface area (TPSA) is 57.8 Å². The van der Waals surface area contributed by atoms with E-state index in [0.29, 0.717) is 13.0 Å². The van der Waals surface area contributed by atoms with Crippen LogP contribution >= 0.6 is 0 Å². The first-order valence-electron chi connectivity index (χ1n) is 6.41. The lowest BCUT2D eigenvalue weighted by molar-refractivity contribution is -0.121. The van der Waals surface area contributed by atoms with Gasteiger partial charge in [0.25, 0.3) is 0 Å². The Labute approximate surface area is 107 Å². The summed E-state index contributed by atoms with van der Waals surface area (Å²) in [5, 5.41) is 2.88. The van der Waals surface area contributed by atoms with E-state index in [0.717, 1.165) is 29.7 Å². The van der Waals surface area contributed by atoms with Crippen LogP contribution in [0.5, 0.6) is 0 Å². The Bertz CT molecular complexity index is 545. The van der Waals surface area contributed by atoms with Crippen molar-refractivity contribution >= 4 is 16.9 Å². The molecule has 96 valence electrons. The molecule has 0 bridgehead atoms. The molecule has 1 aromatic heterocycles. The van der Waals surface area contributed by atoms with Gasteiger partial charge in [-0.1, -0.05) is 19.4 Å². The molecule has 2 rings (SSSR count). The SMILES string of the molecule is CCCCC(=O)NCc1nc2ccc(C)cc2[nH]1. The van der Waals surface area contributed by atoms with Crippen LogP contribution in [0.15, 0.2) is 18.2 Å². The zero-order valence-electron chi connectivity index (χ0n) is 10.9. The van der Waals surface area contributed by atoms with E-state index in [1.54, 1.807) is 0 Å². The number of aromatic amines is 1. The molecule has 1 heterocycles. The van der Waals surface area contributed by atoms with Gasteiger partial charge in [0, 0.05) is 6.42 Å². The third-order valence-electron chi connectivity index (χ3n) is 2.90. The number of hydrogen-bond donors (Lipinski definition) is 2. The van der Waals surface area contributed by atoms with Crippen molar-refractivity contribution in [3.8, 4) is 0 Å². The maximum Gasteiger partial charge on any atom is 0.220 e. The quantitative estimate of drug-likeness (QED) is 0.850. The largest absolute Gasteiger partial charge is 0.349 e. The molecule has 0 aliphatic heterocycles. The second kappa shape index (κ2) is 5.67. The van der Waals surface area contributed by atoms with Gasteiger partial charge in [-0.3, -0.25) is 4.79 Å². The van der Waals surface area contributed by atoms with Crippen molar-refractivity contribution in [2.75, 3.05) is 0 Å². The molecule has 18 heavy (non-hydrogen) atoms. The molecule has 0 atom stereocenters. The molecule has 0 spiro atoms. The molecule has 0 saturated heterocycles. The highest BCUT2D eigenvalue weighted by atomic mass is 16.1. The number of unbranched alkanes of at least 4 members (excludes halogenated alkanes) is 1. The highest BCUT2D eigenvalue weighted by Gasteiger charge is 2.05. The summed E-state index contributed by atoms with van der Waals surface area (Å²) in [5.41, 5.74) is 3.16. The van der Waals surface area contributed by atoms with E-state index < -0.39 is 0 Å². The van der Waals surface area contributed by atoms with Gasteiger partial charge in [0.1, 0.15) is 5.82 Å².